The predicted octanol–water partition coefficient (Wildman–Crippen LogP) is 2.48. The van der Waals surface area contributed by atoms with Crippen molar-refractivity contribution in [3.63, 3.8) is 0 Å². The van der Waals surface area contributed by atoms with Gasteiger partial charge in [0.25, 0.3) is 0 Å². The summed E-state index contributed by atoms with van der Waals surface area (Å²) in [6, 6.07) is 0. The van der Waals surface area contributed by atoms with Gasteiger partial charge in [-0.1, -0.05) is 5.11 Å². The van der Waals surface area contributed by atoms with E-state index in [1.807, 2.05) is 20.8 Å². The smallest absolute Gasteiger partial charge is 0.410 e. The summed E-state index contributed by atoms with van der Waals surface area (Å²) >= 11 is 0. The van der Waals surface area contributed by atoms with Crippen molar-refractivity contribution in [2.45, 2.75) is 50.9 Å². The summed E-state index contributed by atoms with van der Waals surface area (Å²) in [4.78, 5) is 16.5. The fourth-order valence-corrected chi connectivity index (χ4v) is 2.70. The molecular weight excluding hydrogens is 288 g/mol. The molecule has 8 nitrogen and oxygen atoms in total. The molecule has 1 unspecified atom stereocenters. The lowest BCUT2D eigenvalue weighted by atomic mass is 9.91. The number of likely N-dealkylation sites (tertiary alicyclic amines) is 1. The Kier molecular flexibility index (Phi) is 5.16. The zero-order valence-electron chi connectivity index (χ0n) is 13.4. The van der Waals surface area contributed by atoms with Gasteiger partial charge in [-0.25, -0.2) is 4.79 Å². The lowest BCUT2D eigenvalue weighted by molar-refractivity contribution is -0.210. The van der Waals surface area contributed by atoms with Crippen molar-refractivity contribution in [3.05, 3.63) is 10.4 Å². The van der Waals surface area contributed by atoms with Crippen molar-refractivity contribution in [1.82, 2.24) is 4.90 Å². The van der Waals surface area contributed by atoms with E-state index < -0.39 is 5.60 Å². The molecule has 0 saturated carbocycles. The highest BCUT2D eigenvalue weighted by molar-refractivity contribution is 5.68. The van der Waals surface area contributed by atoms with E-state index in [2.05, 4.69) is 10.0 Å². The second kappa shape index (κ2) is 6.73. The normalized spacial score (nSPS) is 24.7. The van der Waals surface area contributed by atoms with Crippen molar-refractivity contribution in [3.8, 4) is 0 Å². The number of carbonyl (C=O) groups excluding carboxylic acids is 1. The largest absolute Gasteiger partial charge is 0.444 e. The van der Waals surface area contributed by atoms with E-state index >= 15 is 0 Å². The van der Waals surface area contributed by atoms with Gasteiger partial charge in [0.2, 0.25) is 0 Å². The van der Waals surface area contributed by atoms with Crippen molar-refractivity contribution in [1.29, 1.82) is 0 Å². The highest BCUT2D eigenvalue weighted by Crippen LogP contribution is 2.31. The fraction of sp³-hybridized carbons (Fsp3) is 0.929. The first-order valence-corrected chi connectivity index (χ1v) is 7.58. The van der Waals surface area contributed by atoms with Crippen molar-refractivity contribution >= 4 is 6.09 Å². The summed E-state index contributed by atoms with van der Waals surface area (Å²) in [5.41, 5.74) is 7.52. The summed E-state index contributed by atoms with van der Waals surface area (Å²) in [5.74, 6) is 0. The number of azide groups is 1. The molecular formula is C14H24N4O4. The third-order valence-electron chi connectivity index (χ3n) is 3.76. The number of hydrogen-bond donors (Lipinski definition) is 0. The zero-order valence-corrected chi connectivity index (χ0v) is 13.4. The second-order valence-electron chi connectivity index (χ2n) is 6.82. The zero-order chi connectivity index (χ0) is 16.2. The van der Waals surface area contributed by atoms with Gasteiger partial charge in [0.1, 0.15) is 5.60 Å². The molecule has 2 rings (SSSR count). The maximum absolute atomic E-state index is 12.1. The van der Waals surface area contributed by atoms with Crippen LogP contribution in [0.1, 0.15) is 33.6 Å². The van der Waals surface area contributed by atoms with Gasteiger partial charge in [0.05, 0.1) is 31.5 Å². The molecule has 2 fully saturated rings. The van der Waals surface area contributed by atoms with Crippen molar-refractivity contribution in [2.75, 3.05) is 32.8 Å². The molecule has 0 aliphatic carbocycles. The van der Waals surface area contributed by atoms with Crippen LogP contribution in [0.5, 0.6) is 0 Å². The molecule has 2 heterocycles. The Morgan fingerprint density at radius 3 is 2.73 bits per heavy atom. The Morgan fingerprint density at radius 2 is 2.14 bits per heavy atom. The van der Waals surface area contributed by atoms with E-state index in [1.54, 1.807) is 4.90 Å². The van der Waals surface area contributed by atoms with Crippen LogP contribution in [0.15, 0.2) is 5.11 Å². The lowest BCUT2D eigenvalue weighted by Gasteiger charge is -2.45. The molecule has 2 aliphatic heterocycles. The van der Waals surface area contributed by atoms with E-state index in [4.69, 9.17) is 19.7 Å². The molecule has 2 aliphatic rings. The van der Waals surface area contributed by atoms with Gasteiger partial charge in [-0.15, -0.1) is 0 Å². The Morgan fingerprint density at radius 1 is 1.45 bits per heavy atom. The number of rotatable bonds is 2. The SMILES string of the molecule is CC(C)(C)OC(=O)N1CCC2(CC1)COCC(CN=[N+]=[N-])O2. The minimum atomic E-state index is -0.489. The van der Waals surface area contributed by atoms with E-state index in [1.165, 1.54) is 0 Å². The quantitative estimate of drug-likeness (QED) is 0.444. The van der Waals surface area contributed by atoms with E-state index in [9.17, 15) is 4.79 Å². The van der Waals surface area contributed by atoms with E-state index in [0.29, 0.717) is 39.1 Å². The molecule has 0 aromatic rings. The second-order valence-corrected chi connectivity index (χ2v) is 6.82. The monoisotopic (exact) mass is 312 g/mol. The number of nitrogens with zero attached hydrogens (tertiary/aromatic N) is 4. The van der Waals surface area contributed by atoms with E-state index in [-0.39, 0.29) is 24.3 Å². The average molecular weight is 312 g/mol. The third kappa shape index (κ3) is 4.50. The average Bonchev–Trinajstić information content (AvgIpc) is 2.44. The van der Waals surface area contributed by atoms with Gasteiger partial charge in [-0.2, -0.15) is 0 Å². The van der Waals surface area contributed by atoms with Gasteiger partial charge in [-0.3, -0.25) is 0 Å². The molecule has 1 spiro atoms. The lowest BCUT2D eigenvalue weighted by Crippen LogP contribution is -2.55. The Hall–Kier alpha value is -1.50. The molecule has 124 valence electrons. The minimum absolute atomic E-state index is 0.210. The molecule has 8 heteroatoms. The highest BCUT2D eigenvalue weighted by atomic mass is 16.6. The van der Waals surface area contributed by atoms with E-state index in [0.717, 1.165) is 0 Å². The van der Waals surface area contributed by atoms with Crippen LogP contribution in [0.3, 0.4) is 0 Å². The van der Waals surface area contributed by atoms with Crippen LogP contribution in [0.4, 0.5) is 4.79 Å². The summed E-state index contributed by atoms with van der Waals surface area (Å²) in [6.45, 7) is 7.95. The Bertz CT molecular complexity index is 448. The maximum Gasteiger partial charge on any atom is 0.410 e. The van der Waals surface area contributed by atoms with Crippen LogP contribution in [0.2, 0.25) is 0 Å². The molecule has 0 N–H and O–H groups in total. The summed E-state index contributed by atoms with van der Waals surface area (Å²) in [7, 11) is 0. The molecule has 1 amide bonds. The van der Waals surface area contributed by atoms with Gasteiger partial charge in [0, 0.05) is 18.0 Å². The molecule has 0 bridgehead atoms. The van der Waals surface area contributed by atoms with Crippen LogP contribution in [0, 0.1) is 0 Å². The molecule has 22 heavy (non-hydrogen) atoms. The first-order valence-electron chi connectivity index (χ1n) is 7.58. The maximum atomic E-state index is 12.1. The predicted molar refractivity (Wildman–Crippen MR) is 79.5 cm³/mol. The minimum Gasteiger partial charge on any atom is -0.444 e. The van der Waals surface area contributed by atoms with Crippen LogP contribution in [0.25, 0.3) is 10.4 Å². The number of hydrogen-bond acceptors (Lipinski definition) is 5. The number of ether oxygens (including phenoxy) is 3. The number of piperidine rings is 1. The molecule has 1 atom stereocenters. The molecule has 0 aromatic heterocycles. The standard InChI is InChI=1S/C14H24N4O4/c1-13(2,3)22-12(19)18-6-4-14(5-7-18)10-20-9-11(21-14)8-16-17-15/h11H,4-10H2,1-3H3. The van der Waals surface area contributed by atoms with Gasteiger partial charge >= 0.3 is 6.09 Å². The van der Waals surface area contributed by atoms with Gasteiger partial charge in [-0.05, 0) is 39.1 Å². The molecule has 0 radical (unpaired) electrons. The first kappa shape index (κ1) is 16.9. The molecule has 2 saturated heterocycles. The van der Waals surface area contributed by atoms with Crippen LogP contribution in [-0.2, 0) is 14.2 Å². The van der Waals surface area contributed by atoms with Crippen molar-refractivity contribution in [2.24, 2.45) is 5.11 Å². The summed E-state index contributed by atoms with van der Waals surface area (Å²) < 4.78 is 17.1. The van der Waals surface area contributed by atoms with Crippen LogP contribution < -0.4 is 0 Å². The Labute approximate surface area is 130 Å². The van der Waals surface area contributed by atoms with Gasteiger partial charge < -0.3 is 19.1 Å². The topological polar surface area (TPSA) is 96.8 Å². The number of amides is 1. The summed E-state index contributed by atoms with van der Waals surface area (Å²) in [6.07, 6.45) is 0.889. The molecule has 0 aromatic carbocycles. The van der Waals surface area contributed by atoms with Gasteiger partial charge in [0.15, 0.2) is 0 Å². The van der Waals surface area contributed by atoms with Crippen LogP contribution >= 0.6 is 0 Å². The Balaban J connectivity index is 1.87. The number of carbonyl (C=O) groups is 1. The highest BCUT2D eigenvalue weighted by Gasteiger charge is 2.42. The third-order valence-corrected chi connectivity index (χ3v) is 3.76. The first-order chi connectivity index (χ1) is 10.3. The van der Waals surface area contributed by atoms with Crippen LogP contribution in [-0.4, -0.2) is 61.1 Å². The summed E-state index contributed by atoms with van der Waals surface area (Å²) in [5, 5.41) is 3.55. The van der Waals surface area contributed by atoms with Crippen molar-refractivity contribution < 1.29 is 19.0 Å². The fourth-order valence-electron chi connectivity index (χ4n) is 2.70.